The van der Waals surface area contributed by atoms with E-state index in [0.717, 1.165) is 6.29 Å². The third-order valence-electron chi connectivity index (χ3n) is 2.82. The zero-order valence-electron chi connectivity index (χ0n) is 10.5. The minimum atomic E-state index is -0.621. The maximum absolute atomic E-state index is 11.2. The van der Waals surface area contributed by atoms with Gasteiger partial charge in [0.05, 0.1) is 6.04 Å². The van der Waals surface area contributed by atoms with Crippen molar-refractivity contribution in [2.75, 3.05) is 5.73 Å². The summed E-state index contributed by atoms with van der Waals surface area (Å²) in [7, 11) is 0. The number of rotatable bonds is 8. The zero-order chi connectivity index (χ0) is 14.3. The fourth-order valence-electron chi connectivity index (χ4n) is 1.74. The summed E-state index contributed by atoms with van der Waals surface area (Å²) in [4.78, 5) is 32.4. The van der Waals surface area contributed by atoms with Crippen LogP contribution in [0.3, 0.4) is 0 Å². The fourth-order valence-corrected chi connectivity index (χ4v) is 1.74. The van der Waals surface area contributed by atoms with Crippen molar-refractivity contribution in [2.24, 2.45) is 5.73 Å². The monoisotopic (exact) mass is 263 g/mol. The van der Waals surface area contributed by atoms with Crippen LogP contribution in [0, 0.1) is 0 Å². The molecule has 0 saturated heterocycles. The number of nitrogens with one attached hydrogen (secondary N) is 1. The van der Waals surface area contributed by atoms with E-state index in [4.69, 9.17) is 11.5 Å². The Labute approximate surface area is 111 Å². The van der Waals surface area contributed by atoms with Gasteiger partial charge in [0.1, 0.15) is 12.6 Å². The first-order chi connectivity index (χ1) is 9.10. The lowest BCUT2D eigenvalue weighted by atomic mass is 10.1. The van der Waals surface area contributed by atoms with Gasteiger partial charge in [-0.1, -0.05) is 12.1 Å². The Morgan fingerprint density at radius 3 is 2.68 bits per heavy atom. The smallest absolute Gasteiger partial charge is 0.234 e. The van der Waals surface area contributed by atoms with Crippen molar-refractivity contribution in [2.45, 2.75) is 25.4 Å². The second-order valence-electron chi connectivity index (χ2n) is 4.11. The molecule has 0 aromatic heterocycles. The van der Waals surface area contributed by atoms with E-state index in [1.165, 1.54) is 0 Å². The Bertz CT molecular complexity index is 474. The number of nitrogens with two attached hydrogens (primary N) is 2. The first kappa shape index (κ1) is 14.8. The summed E-state index contributed by atoms with van der Waals surface area (Å²) in [6.07, 6.45) is 2.00. The van der Waals surface area contributed by atoms with E-state index in [-0.39, 0.29) is 13.0 Å². The molecule has 6 heteroatoms. The number of amides is 1. The molecule has 6 nitrogen and oxygen atoms in total. The second kappa shape index (κ2) is 7.27. The number of anilines is 1. The molecular formula is C13H17N3O3. The van der Waals surface area contributed by atoms with Gasteiger partial charge in [-0.2, -0.15) is 0 Å². The highest BCUT2D eigenvalue weighted by Gasteiger charge is 2.15. The van der Waals surface area contributed by atoms with Crippen LogP contribution in [0.2, 0.25) is 0 Å². The Morgan fingerprint density at radius 2 is 2.11 bits per heavy atom. The highest BCUT2D eigenvalue weighted by molar-refractivity contribution is 5.81. The quantitative estimate of drug-likeness (QED) is 0.451. The van der Waals surface area contributed by atoms with Gasteiger partial charge in [0.15, 0.2) is 0 Å². The molecule has 0 spiro atoms. The van der Waals surface area contributed by atoms with E-state index in [2.05, 4.69) is 5.32 Å². The van der Waals surface area contributed by atoms with Crippen LogP contribution in [-0.2, 0) is 16.1 Å². The molecule has 0 heterocycles. The topological polar surface area (TPSA) is 115 Å². The average Bonchev–Trinajstić information content (AvgIpc) is 2.39. The molecule has 1 aromatic rings. The molecule has 1 amide bonds. The summed E-state index contributed by atoms with van der Waals surface area (Å²) in [5.74, 6) is -0.538. The standard InChI is InChI=1S/C13H17N3O3/c14-11-4-1-3-9(8-18)10(11)7-16-12(13(15)19)5-2-6-17/h1,3-4,6,8,12,16H,2,5,7,14H2,(H2,15,19). The molecule has 0 aliphatic heterocycles. The SMILES string of the molecule is NC(=O)C(CCC=O)NCc1c(N)cccc1C=O. The molecule has 0 fully saturated rings. The highest BCUT2D eigenvalue weighted by atomic mass is 16.1. The van der Waals surface area contributed by atoms with Gasteiger partial charge in [0.25, 0.3) is 0 Å². The maximum atomic E-state index is 11.2. The van der Waals surface area contributed by atoms with E-state index in [1.807, 2.05) is 0 Å². The number of hydrogen-bond acceptors (Lipinski definition) is 5. The molecule has 0 bridgehead atoms. The summed E-state index contributed by atoms with van der Waals surface area (Å²) in [5.41, 5.74) is 12.6. The number of hydrogen-bond donors (Lipinski definition) is 3. The lowest BCUT2D eigenvalue weighted by Gasteiger charge is -2.16. The van der Waals surface area contributed by atoms with Crippen LogP contribution in [-0.4, -0.2) is 24.5 Å². The van der Waals surface area contributed by atoms with Crippen LogP contribution >= 0.6 is 0 Å². The van der Waals surface area contributed by atoms with Crippen LogP contribution in [0.1, 0.15) is 28.8 Å². The molecule has 19 heavy (non-hydrogen) atoms. The molecule has 0 aliphatic rings. The van der Waals surface area contributed by atoms with Crippen molar-refractivity contribution in [3.05, 3.63) is 29.3 Å². The van der Waals surface area contributed by atoms with E-state index >= 15 is 0 Å². The molecule has 0 saturated carbocycles. The van der Waals surface area contributed by atoms with E-state index in [1.54, 1.807) is 18.2 Å². The summed E-state index contributed by atoms with van der Waals surface area (Å²) in [6.45, 7) is 0.243. The number of primary amides is 1. The summed E-state index contributed by atoms with van der Waals surface area (Å²) < 4.78 is 0. The second-order valence-corrected chi connectivity index (χ2v) is 4.11. The minimum Gasteiger partial charge on any atom is -0.398 e. The highest BCUT2D eigenvalue weighted by Crippen LogP contribution is 2.15. The van der Waals surface area contributed by atoms with Crippen molar-refractivity contribution in [1.29, 1.82) is 0 Å². The van der Waals surface area contributed by atoms with Gasteiger partial charge in [0.2, 0.25) is 5.91 Å². The summed E-state index contributed by atoms with van der Waals surface area (Å²) >= 11 is 0. The Kier molecular flexibility index (Phi) is 5.69. The third-order valence-corrected chi connectivity index (χ3v) is 2.82. The Hall–Kier alpha value is -2.21. The molecule has 0 aliphatic carbocycles. The van der Waals surface area contributed by atoms with Crippen molar-refractivity contribution in [3.63, 3.8) is 0 Å². The van der Waals surface area contributed by atoms with Crippen LogP contribution < -0.4 is 16.8 Å². The lowest BCUT2D eigenvalue weighted by Crippen LogP contribution is -2.41. The first-order valence-corrected chi connectivity index (χ1v) is 5.89. The van der Waals surface area contributed by atoms with Crippen LogP contribution in [0.5, 0.6) is 0 Å². The van der Waals surface area contributed by atoms with Crippen LogP contribution in [0.25, 0.3) is 0 Å². The van der Waals surface area contributed by atoms with Gasteiger partial charge >= 0.3 is 0 Å². The largest absolute Gasteiger partial charge is 0.398 e. The molecule has 102 valence electrons. The fraction of sp³-hybridized carbons (Fsp3) is 0.308. The molecule has 1 atom stereocenters. The summed E-state index contributed by atoms with van der Waals surface area (Å²) in [5, 5.41) is 2.91. The Balaban J connectivity index is 2.76. The molecule has 5 N–H and O–H groups in total. The molecule has 1 rings (SSSR count). The Morgan fingerprint density at radius 1 is 1.37 bits per heavy atom. The van der Waals surface area contributed by atoms with Crippen molar-refractivity contribution < 1.29 is 14.4 Å². The van der Waals surface area contributed by atoms with E-state index < -0.39 is 11.9 Å². The number of carbonyl (C=O) groups excluding carboxylic acids is 3. The number of carbonyl (C=O) groups is 3. The molecule has 0 radical (unpaired) electrons. The van der Waals surface area contributed by atoms with Gasteiger partial charge in [-0.15, -0.1) is 0 Å². The van der Waals surface area contributed by atoms with E-state index in [9.17, 15) is 14.4 Å². The first-order valence-electron chi connectivity index (χ1n) is 5.89. The lowest BCUT2D eigenvalue weighted by molar-refractivity contribution is -0.120. The predicted molar refractivity (Wildman–Crippen MR) is 71.4 cm³/mol. The number of benzene rings is 1. The van der Waals surface area contributed by atoms with E-state index in [0.29, 0.717) is 29.5 Å². The number of nitrogen functional groups attached to an aromatic ring is 1. The van der Waals surface area contributed by atoms with Crippen LogP contribution in [0.15, 0.2) is 18.2 Å². The third kappa shape index (κ3) is 4.18. The van der Waals surface area contributed by atoms with Gasteiger partial charge in [-0.25, -0.2) is 0 Å². The summed E-state index contributed by atoms with van der Waals surface area (Å²) in [6, 6.07) is 4.38. The average molecular weight is 263 g/mol. The predicted octanol–water partition coefficient (Wildman–Crippen LogP) is 0.00390. The molecule has 1 unspecified atom stereocenters. The van der Waals surface area contributed by atoms with Gasteiger partial charge in [0, 0.05) is 24.2 Å². The van der Waals surface area contributed by atoms with Crippen molar-refractivity contribution in [1.82, 2.24) is 5.32 Å². The maximum Gasteiger partial charge on any atom is 0.234 e. The minimum absolute atomic E-state index is 0.241. The van der Waals surface area contributed by atoms with Gasteiger partial charge in [-0.3, -0.25) is 9.59 Å². The van der Waals surface area contributed by atoms with Crippen molar-refractivity contribution in [3.8, 4) is 0 Å². The van der Waals surface area contributed by atoms with Crippen LogP contribution in [0.4, 0.5) is 5.69 Å². The normalized spacial score (nSPS) is 11.8. The van der Waals surface area contributed by atoms with Gasteiger partial charge < -0.3 is 21.6 Å². The zero-order valence-corrected chi connectivity index (χ0v) is 10.5. The molecular weight excluding hydrogens is 246 g/mol. The van der Waals surface area contributed by atoms with Gasteiger partial charge in [-0.05, 0) is 18.1 Å². The number of aldehydes is 2. The molecule has 1 aromatic carbocycles. The van der Waals surface area contributed by atoms with Crippen molar-refractivity contribution >= 4 is 24.2 Å².